The number of para-hydroxylation sites is 2. The van der Waals surface area contributed by atoms with Gasteiger partial charge in [-0.3, -0.25) is 9.59 Å². The Kier molecular flexibility index (Phi) is 8.38. The number of hydrogen-bond donors (Lipinski definition) is 0. The van der Waals surface area contributed by atoms with Crippen molar-refractivity contribution in [3.05, 3.63) is 24.3 Å². The summed E-state index contributed by atoms with van der Waals surface area (Å²) in [5, 5.41) is 0. The normalized spacial score (nSPS) is 20.3. The van der Waals surface area contributed by atoms with Gasteiger partial charge in [-0.1, -0.05) is 76.3 Å². The van der Waals surface area contributed by atoms with E-state index in [0.29, 0.717) is 11.5 Å². The molecule has 0 aromatic heterocycles. The Morgan fingerprint density at radius 1 is 0.571 bits per heavy atom. The highest BCUT2D eigenvalue weighted by Gasteiger charge is 2.25. The zero-order valence-electron chi connectivity index (χ0n) is 17.0. The minimum absolute atomic E-state index is 0.0466. The number of carbonyl (C=O) groups excluding carboxylic acids is 2. The standard InChI is InChI=1S/C24H34O4/c25-23(19-13-7-3-1-4-8-14-19)27-21-17-11-12-18-22(21)28-24(26)20-15-9-5-2-6-10-16-20/h11-12,17-20H,1-10,13-16H2. The summed E-state index contributed by atoms with van der Waals surface area (Å²) < 4.78 is 11.4. The first-order valence-electron chi connectivity index (χ1n) is 11.3. The molecule has 4 nitrogen and oxygen atoms in total. The molecule has 0 bridgehead atoms. The van der Waals surface area contributed by atoms with Gasteiger partial charge in [0.2, 0.25) is 0 Å². The average molecular weight is 387 g/mol. The third-order valence-corrected chi connectivity index (χ3v) is 6.15. The van der Waals surface area contributed by atoms with Crippen LogP contribution in [-0.2, 0) is 9.59 Å². The Hall–Kier alpha value is -1.84. The number of ether oxygens (including phenoxy) is 2. The van der Waals surface area contributed by atoms with Gasteiger partial charge in [0.05, 0.1) is 11.8 Å². The summed E-state index contributed by atoms with van der Waals surface area (Å²) in [5.41, 5.74) is 0. The molecule has 28 heavy (non-hydrogen) atoms. The molecule has 0 amide bonds. The van der Waals surface area contributed by atoms with Gasteiger partial charge >= 0.3 is 11.9 Å². The van der Waals surface area contributed by atoms with E-state index in [9.17, 15) is 9.59 Å². The second-order valence-electron chi connectivity index (χ2n) is 8.37. The van der Waals surface area contributed by atoms with Gasteiger partial charge < -0.3 is 9.47 Å². The lowest BCUT2D eigenvalue weighted by atomic mass is 9.91. The van der Waals surface area contributed by atoms with Crippen LogP contribution in [0.4, 0.5) is 0 Å². The lowest BCUT2D eigenvalue weighted by molar-refractivity contribution is -0.142. The molecule has 0 aliphatic heterocycles. The Morgan fingerprint density at radius 3 is 1.25 bits per heavy atom. The van der Waals surface area contributed by atoms with E-state index in [-0.39, 0.29) is 23.8 Å². The first kappa shape index (κ1) is 20.9. The number of esters is 2. The van der Waals surface area contributed by atoms with Gasteiger partial charge in [-0.05, 0) is 37.8 Å². The van der Waals surface area contributed by atoms with Crippen LogP contribution in [0.5, 0.6) is 11.5 Å². The highest BCUT2D eigenvalue weighted by atomic mass is 16.6. The number of benzene rings is 1. The summed E-state index contributed by atoms with van der Waals surface area (Å²) >= 11 is 0. The zero-order chi connectivity index (χ0) is 19.6. The summed E-state index contributed by atoms with van der Waals surface area (Å²) in [4.78, 5) is 25.4. The fraction of sp³-hybridized carbons (Fsp3) is 0.667. The molecule has 0 spiro atoms. The molecule has 2 saturated carbocycles. The smallest absolute Gasteiger partial charge is 0.314 e. The SMILES string of the molecule is O=C(Oc1ccccc1OC(=O)C1CCCCCCC1)C1CCCCCCC1. The maximum Gasteiger partial charge on any atom is 0.314 e. The second-order valence-corrected chi connectivity index (χ2v) is 8.37. The summed E-state index contributed by atoms with van der Waals surface area (Å²) in [5.74, 6) is 0.277. The fourth-order valence-electron chi connectivity index (χ4n) is 4.39. The van der Waals surface area contributed by atoms with Crippen LogP contribution in [0.1, 0.15) is 89.9 Å². The average Bonchev–Trinajstić information content (AvgIpc) is 2.62. The topological polar surface area (TPSA) is 52.6 Å². The molecule has 0 radical (unpaired) electrons. The van der Waals surface area contributed by atoms with Crippen LogP contribution in [-0.4, -0.2) is 11.9 Å². The predicted molar refractivity (Wildman–Crippen MR) is 109 cm³/mol. The van der Waals surface area contributed by atoms with E-state index in [1.807, 2.05) is 12.1 Å². The van der Waals surface area contributed by atoms with E-state index in [0.717, 1.165) is 51.4 Å². The van der Waals surface area contributed by atoms with Crippen molar-refractivity contribution in [2.45, 2.75) is 89.9 Å². The predicted octanol–water partition coefficient (Wildman–Crippen LogP) is 6.22. The molecule has 154 valence electrons. The maximum atomic E-state index is 12.7. The molecule has 0 atom stereocenters. The highest BCUT2D eigenvalue weighted by Crippen LogP contribution is 2.31. The van der Waals surface area contributed by atoms with E-state index in [1.165, 1.54) is 38.5 Å². The molecule has 4 heteroatoms. The Morgan fingerprint density at radius 2 is 0.893 bits per heavy atom. The lowest BCUT2D eigenvalue weighted by Gasteiger charge is -2.20. The number of hydrogen-bond acceptors (Lipinski definition) is 4. The summed E-state index contributed by atoms with van der Waals surface area (Å²) in [7, 11) is 0. The van der Waals surface area contributed by atoms with Crippen molar-refractivity contribution in [1.82, 2.24) is 0 Å². The third kappa shape index (κ3) is 6.35. The second kappa shape index (κ2) is 11.2. The number of carbonyl (C=O) groups is 2. The molecule has 0 saturated heterocycles. The summed E-state index contributed by atoms with van der Waals surface area (Å²) in [6.45, 7) is 0. The molecular weight excluding hydrogens is 352 g/mol. The monoisotopic (exact) mass is 386 g/mol. The third-order valence-electron chi connectivity index (χ3n) is 6.15. The number of rotatable bonds is 4. The van der Waals surface area contributed by atoms with Crippen molar-refractivity contribution in [3.63, 3.8) is 0 Å². The lowest BCUT2D eigenvalue weighted by Crippen LogP contribution is -2.24. The summed E-state index contributed by atoms with van der Waals surface area (Å²) in [6.07, 6.45) is 15.2. The molecule has 2 aliphatic rings. The first-order chi connectivity index (χ1) is 13.7. The first-order valence-corrected chi connectivity index (χ1v) is 11.3. The minimum atomic E-state index is -0.184. The van der Waals surface area contributed by atoms with Crippen LogP contribution in [0.15, 0.2) is 24.3 Å². The van der Waals surface area contributed by atoms with E-state index < -0.39 is 0 Å². The minimum Gasteiger partial charge on any atom is -0.422 e. The van der Waals surface area contributed by atoms with Crippen molar-refractivity contribution in [3.8, 4) is 11.5 Å². The van der Waals surface area contributed by atoms with Crippen LogP contribution < -0.4 is 9.47 Å². The van der Waals surface area contributed by atoms with Crippen molar-refractivity contribution >= 4 is 11.9 Å². The zero-order valence-corrected chi connectivity index (χ0v) is 17.0. The Bertz CT molecular complexity index is 568. The van der Waals surface area contributed by atoms with Crippen molar-refractivity contribution < 1.29 is 19.1 Å². The van der Waals surface area contributed by atoms with E-state index in [1.54, 1.807) is 12.1 Å². The quantitative estimate of drug-likeness (QED) is 0.455. The molecule has 3 rings (SSSR count). The maximum absolute atomic E-state index is 12.7. The van der Waals surface area contributed by atoms with Gasteiger partial charge in [0.25, 0.3) is 0 Å². The van der Waals surface area contributed by atoms with Crippen LogP contribution in [0, 0.1) is 11.8 Å². The van der Waals surface area contributed by atoms with Crippen molar-refractivity contribution in [2.24, 2.45) is 11.8 Å². The van der Waals surface area contributed by atoms with Gasteiger partial charge in [0.15, 0.2) is 11.5 Å². The van der Waals surface area contributed by atoms with E-state index >= 15 is 0 Å². The highest BCUT2D eigenvalue weighted by molar-refractivity contribution is 5.78. The van der Waals surface area contributed by atoms with Gasteiger partial charge in [-0.15, -0.1) is 0 Å². The molecule has 0 unspecified atom stereocenters. The Balaban J connectivity index is 1.61. The largest absolute Gasteiger partial charge is 0.422 e. The molecule has 2 fully saturated rings. The van der Waals surface area contributed by atoms with Gasteiger partial charge in [-0.25, -0.2) is 0 Å². The van der Waals surface area contributed by atoms with Gasteiger partial charge in [0, 0.05) is 0 Å². The van der Waals surface area contributed by atoms with Crippen molar-refractivity contribution in [1.29, 1.82) is 0 Å². The van der Waals surface area contributed by atoms with Crippen LogP contribution in [0.3, 0.4) is 0 Å². The van der Waals surface area contributed by atoms with Crippen molar-refractivity contribution in [2.75, 3.05) is 0 Å². The molecule has 0 heterocycles. The van der Waals surface area contributed by atoms with Gasteiger partial charge in [0.1, 0.15) is 0 Å². The van der Waals surface area contributed by atoms with E-state index in [4.69, 9.17) is 9.47 Å². The van der Waals surface area contributed by atoms with Gasteiger partial charge in [-0.2, -0.15) is 0 Å². The molecule has 0 N–H and O–H groups in total. The molecule has 1 aromatic carbocycles. The molecule has 1 aromatic rings. The Labute approximate surface area is 169 Å². The van der Waals surface area contributed by atoms with Crippen LogP contribution >= 0.6 is 0 Å². The molecule has 2 aliphatic carbocycles. The van der Waals surface area contributed by atoms with Crippen LogP contribution in [0.25, 0.3) is 0 Å². The van der Waals surface area contributed by atoms with Crippen LogP contribution in [0.2, 0.25) is 0 Å². The molecular formula is C24H34O4. The fourth-order valence-corrected chi connectivity index (χ4v) is 4.39. The summed E-state index contributed by atoms with van der Waals surface area (Å²) in [6, 6.07) is 7.07. The van der Waals surface area contributed by atoms with E-state index in [2.05, 4.69) is 0 Å².